The van der Waals surface area contributed by atoms with E-state index in [4.69, 9.17) is 10.4 Å². The van der Waals surface area contributed by atoms with Crippen molar-refractivity contribution in [2.45, 2.75) is 19.8 Å². The van der Waals surface area contributed by atoms with E-state index < -0.39 is 0 Å². The zero-order chi connectivity index (χ0) is 10.6. The maximum absolute atomic E-state index is 8.77. The molecule has 0 spiro atoms. The minimum atomic E-state index is 0.292. The minimum absolute atomic E-state index is 0.292. The Balaban J connectivity index is 3.01. The largest absolute Gasteiger partial charge is 0.514 e. The first-order valence-corrected chi connectivity index (χ1v) is 4.54. The van der Waals surface area contributed by atoms with Crippen molar-refractivity contribution in [1.82, 2.24) is 0 Å². The average Bonchev–Trinajstić information content (AvgIpc) is 2.20. The molecule has 0 aromatic heterocycles. The smallest absolute Gasteiger partial charge is 0.103 e. The molecule has 0 unspecified atom stereocenters. The summed E-state index contributed by atoms with van der Waals surface area (Å²) in [5.41, 5.74) is 2.27. The monoisotopic (exact) mass is 187 g/mol. The fraction of sp³-hybridized carbons (Fsp3) is 0.250. The molecule has 2 heteroatoms. The Bertz CT molecular complexity index is 368. The molecule has 72 valence electrons. The van der Waals surface area contributed by atoms with Crippen molar-refractivity contribution < 1.29 is 5.11 Å². The highest BCUT2D eigenvalue weighted by Crippen LogP contribution is 2.18. The highest BCUT2D eigenvalue weighted by molar-refractivity contribution is 5.75. The van der Waals surface area contributed by atoms with Gasteiger partial charge in [-0.15, -0.1) is 0 Å². The number of aliphatic hydroxyl groups excluding tert-OH is 1. The Morgan fingerprint density at radius 2 is 1.93 bits per heavy atom. The van der Waals surface area contributed by atoms with Crippen LogP contribution < -0.4 is 0 Å². The second-order valence-corrected chi connectivity index (χ2v) is 3.43. The highest BCUT2D eigenvalue weighted by Gasteiger charge is 2.02. The van der Waals surface area contributed by atoms with Gasteiger partial charge in [0.2, 0.25) is 0 Å². The summed E-state index contributed by atoms with van der Waals surface area (Å²) in [6.07, 6.45) is 0.838. The van der Waals surface area contributed by atoms with E-state index in [0.717, 1.165) is 11.8 Å². The number of hydrogen-bond donors (Lipinski definition) is 1. The SMILES string of the molecule is CC(C)c1ccc(C(C#N)=CO)cc1. The maximum atomic E-state index is 8.77. The van der Waals surface area contributed by atoms with Gasteiger partial charge in [0.05, 0.1) is 11.8 Å². The number of nitriles is 1. The maximum Gasteiger partial charge on any atom is 0.103 e. The van der Waals surface area contributed by atoms with Gasteiger partial charge in [-0.25, -0.2) is 0 Å². The number of hydrogen-bond acceptors (Lipinski definition) is 2. The van der Waals surface area contributed by atoms with E-state index in [2.05, 4.69) is 13.8 Å². The molecule has 0 aliphatic heterocycles. The first-order chi connectivity index (χ1) is 6.69. The van der Waals surface area contributed by atoms with Crippen LogP contribution in [0.4, 0.5) is 0 Å². The molecule has 0 radical (unpaired) electrons. The Kier molecular flexibility index (Phi) is 3.30. The summed E-state index contributed by atoms with van der Waals surface area (Å²) in [7, 11) is 0. The molecule has 2 nitrogen and oxygen atoms in total. The van der Waals surface area contributed by atoms with E-state index >= 15 is 0 Å². The predicted octanol–water partition coefficient (Wildman–Crippen LogP) is 3.23. The van der Waals surface area contributed by atoms with Crippen molar-refractivity contribution in [2.24, 2.45) is 0 Å². The molecule has 0 aliphatic carbocycles. The van der Waals surface area contributed by atoms with Crippen LogP contribution in [-0.2, 0) is 0 Å². The molecule has 0 amide bonds. The third-order valence-corrected chi connectivity index (χ3v) is 2.14. The fourth-order valence-electron chi connectivity index (χ4n) is 1.22. The number of rotatable bonds is 2. The van der Waals surface area contributed by atoms with Gasteiger partial charge in [0.15, 0.2) is 0 Å². The molecule has 1 N–H and O–H groups in total. The van der Waals surface area contributed by atoms with E-state index in [0.29, 0.717) is 11.5 Å². The Hall–Kier alpha value is -1.75. The molecular formula is C12H13NO. The van der Waals surface area contributed by atoms with Crippen LogP contribution in [0.5, 0.6) is 0 Å². The van der Waals surface area contributed by atoms with Gasteiger partial charge in [-0.3, -0.25) is 0 Å². The number of benzene rings is 1. The number of nitrogens with zero attached hydrogens (tertiary/aromatic N) is 1. The molecule has 0 aliphatic rings. The number of aliphatic hydroxyl groups is 1. The summed E-state index contributed by atoms with van der Waals surface area (Å²) in [4.78, 5) is 0. The van der Waals surface area contributed by atoms with Crippen LogP contribution in [0.3, 0.4) is 0 Å². The lowest BCUT2D eigenvalue weighted by molar-refractivity contribution is 0.476. The zero-order valence-electron chi connectivity index (χ0n) is 8.36. The van der Waals surface area contributed by atoms with Gasteiger partial charge < -0.3 is 5.11 Å². The van der Waals surface area contributed by atoms with Crippen molar-refractivity contribution in [1.29, 1.82) is 5.26 Å². The molecule has 0 bridgehead atoms. The van der Waals surface area contributed by atoms with Gasteiger partial charge in [-0.1, -0.05) is 38.1 Å². The van der Waals surface area contributed by atoms with Crippen LogP contribution in [0.1, 0.15) is 30.9 Å². The van der Waals surface area contributed by atoms with E-state index in [1.807, 2.05) is 30.3 Å². The number of allylic oxidation sites excluding steroid dienone is 1. The minimum Gasteiger partial charge on any atom is -0.514 e. The molecule has 1 rings (SSSR count). The van der Waals surface area contributed by atoms with Gasteiger partial charge in [-0.05, 0) is 17.0 Å². The molecule has 0 saturated carbocycles. The van der Waals surface area contributed by atoms with E-state index in [1.165, 1.54) is 5.56 Å². The first-order valence-electron chi connectivity index (χ1n) is 4.54. The lowest BCUT2D eigenvalue weighted by Crippen LogP contribution is -1.88. The topological polar surface area (TPSA) is 44.0 Å². The molecule has 0 heterocycles. The van der Waals surface area contributed by atoms with Crippen molar-refractivity contribution in [3.8, 4) is 6.07 Å². The normalized spacial score (nSPS) is 11.4. The summed E-state index contributed by atoms with van der Waals surface area (Å²) in [5, 5.41) is 17.5. The average molecular weight is 187 g/mol. The summed E-state index contributed by atoms with van der Waals surface area (Å²) in [6, 6.07) is 9.57. The zero-order valence-corrected chi connectivity index (χ0v) is 8.36. The van der Waals surface area contributed by atoms with Crippen LogP contribution in [0, 0.1) is 11.3 Å². The lowest BCUT2D eigenvalue weighted by atomic mass is 10.00. The highest BCUT2D eigenvalue weighted by atomic mass is 16.2. The van der Waals surface area contributed by atoms with Crippen LogP contribution >= 0.6 is 0 Å². The lowest BCUT2D eigenvalue weighted by Gasteiger charge is -2.05. The fourth-order valence-corrected chi connectivity index (χ4v) is 1.22. The van der Waals surface area contributed by atoms with E-state index in [1.54, 1.807) is 0 Å². The van der Waals surface area contributed by atoms with Gasteiger partial charge in [-0.2, -0.15) is 5.26 Å². The Morgan fingerprint density at radius 3 is 2.29 bits per heavy atom. The molecule has 14 heavy (non-hydrogen) atoms. The standard InChI is InChI=1S/C12H13NO/c1-9(2)10-3-5-11(6-4-10)12(7-13)8-14/h3-6,8-9,14H,1-2H3. The Labute approximate surface area is 84.1 Å². The summed E-state index contributed by atoms with van der Waals surface area (Å²) in [5.74, 6) is 0.479. The molecule has 1 aromatic carbocycles. The van der Waals surface area contributed by atoms with Crippen molar-refractivity contribution in [3.05, 3.63) is 41.7 Å². The summed E-state index contributed by atoms with van der Waals surface area (Å²) >= 11 is 0. The summed E-state index contributed by atoms with van der Waals surface area (Å²) in [6.45, 7) is 4.23. The van der Waals surface area contributed by atoms with Crippen LogP contribution in [0.2, 0.25) is 0 Å². The second-order valence-electron chi connectivity index (χ2n) is 3.43. The van der Waals surface area contributed by atoms with Crippen molar-refractivity contribution >= 4 is 5.57 Å². The summed E-state index contributed by atoms with van der Waals surface area (Å²) < 4.78 is 0. The molecule has 0 atom stereocenters. The predicted molar refractivity (Wildman–Crippen MR) is 56.7 cm³/mol. The quantitative estimate of drug-likeness (QED) is 0.570. The van der Waals surface area contributed by atoms with E-state index in [-0.39, 0.29) is 0 Å². The third-order valence-electron chi connectivity index (χ3n) is 2.14. The third kappa shape index (κ3) is 2.14. The van der Waals surface area contributed by atoms with E-state index in [9.17, 15) is 0 Å². The molecule has 0 fully saturated rings. The van der Waals surface area contributed by atoms with Crippen LogP contribution in [0.15, 0.2) is 30.5 Å². The van der Waals surface area contributed by atoms with Gasteiger partial charge in [0, 0.05) is 0 Å². The first kappa shape index (κ1) is 10.3. The Morgan fingerprint density at radius 1 is 1.36 bits per heavy atom. The van der Waals surface area contributed by atoms with Gasteiger partial charge in [0.25, 0.3) is 0 Å². The van der Waals surface area contributed by atoms with Crippen molar-refractivity contribution in [2.75, 3.05) is 0 Å². The van der Waals surface area contributed by atoms with Crippen molar-refractivity contribution in [3.63, 3.8) is 0 Å². The van der Waals surface area contributed by atoms with Gasteiger partial charge in [0.1, 0.15) is 6.07 Å². The van der Waals surface area contributed by atoms with Crippen LogP contribution in [0.25, 0.3) is 5.57 Å². The van der Waals surface area contributed by atoms with Gasteiger partial charge >= 0.3 is 0 Å². The molecule has 1 aromatic rings. The second kappa shape index (κ2) is 4.48. The molecular weight excluding hydrogens is 174 g/mol. The molecule has 0 saturated heterocycles. The van der Waals surface area contributed by atoms with Crippen LogP contribution in [-0.4, -0.2) is 5.11 Å².